The van der Waals surface area contributed by atoms with Crippen LogP contribution in [0.3, 0.4) is 0 Å². The summed E-state index contributed by atoms with van der Waals surface area (Å²) < 4.78 is 0. The molecule has 0 saturated heterocycles. The number of rotatable bonds is 1. The van der Waals surface area contributed by atoms with Gasteiger partial charge in [-0.15, -0.1) is 0 Å². The van der Waals surface area contributed by atoms with Gasteiger partial charge in [0.25, 0.3) is 0 Å². The van der Waals surface area contributed by atoms with Gasteiger partial charge in [-0.05, 0) is 43.3 Å². The molecule has 0 saturated carbocycles. The molecule has 2 aromatic heterocycles. The highest BCUT2D eigenvalue weighted by Gasteiger charge is 2.03. The van der Waals surface area contributed by atoms with Gasteiger partial charge >= 0.3 is 0 Å². The van der Waals surface area contributed by atoms with Gasteiger partial charge in [-0.3, -0.25) is 4.98 Å². The Morgan fingerprint density at radius 3 is 2.58 bits per heavy atom. The molecule has 0 unspecified atom stereocenters. The maximum absolute atomic E-state index is 8.88. The van der Waals surface area contributed by atoms with Crippen molar-refractivity contribution in [2.24, 2.45) is 0 Å². The molecule has 0 radical (unpaired) electrons. The summed E-state index contributed by atoms with van der Waals surface area (Å²) in [5, 5.41) is 9.85. The van der Waals surface area contributed by atoms with Gasteiger partial charge in [0.15, 0.2) is 0 Å². The average molecular weight is 245 g/mol. The number of nitrogens with zero attached hydrogens (tertiary/aromatic N) is 3. The highest BCUT2D eigenvalue weighted by molar-refractivity contribution is 5.82. The largest absolute Gasteiger partial charge is 0.251 e. The van der Waals surface area contributed by atoms with Crippen LogP contribution in [0.5, 0.6) is 0 Å². The second-order valence-electron chi connectivity index (χ2n) is 4.38. The van der Waals surface area contributed by atoms with E-state index in [2.05, 4.69) is 16.0 Å². The third-order valence-corrected chi connectivity index (χ3v) is 2.97. The minimum absolute atomic E-state index is 0.649. The van der Waals surface area contributed by atoms with E-state index in [4.69, 9.17) is 5.26 Å². The second-order valence-corrected chi connectivity index (χ2v) is 4.38. The molecule has 90 valence electrons. The van der Waals surface area contributed by atoms with Crippen molar-refractivity contribution in [1.29, 1.82) is 5.26 Å². The van der Waals surface area contributed by atoms with Crippen molar-refractivity contribution >= 4 is 10.9 Å². The fraction of sp³-hybridized carbons (Fsp3) is 0.0625. The number of hydrogen-bond donors (Lipinski definition) is 0. The molecular formula is C16H11N3. The minimum atomic E-state index is 0.649. The van der Waals surface area contributed by atoms with E-state index in [9.17, 15) is 0 Å². The van der Waals surface area contributed by atoms with Gasteiger partial charge < -0.3 is 0 Å². The first-order valence-electron chi connectivity index (χ1n) is 6.01. The summed E-state index contributed by atoms with van der Waals surface area (Å²) in [7, 11) is 0. The monoisotopic (exact) mass is 245 g/mol. The van der Waals surface area contributed by atoms with E-state index in [0.717, 1.165) is 28.0 Å². The van der Waals surface area contributed by atoms with Crippen LogP contribution in [0.4, 0.5) is 0 Å². The summed E-state index contributed by atoms with van der Waals surface area (Å²) in [6, 6.07) is 17.4. The third-order valence-electron chi connectivity index (χ3n) is 2.97. The van der Waals surface area contributed by atoms with Crippen LogP contribution in [-0.4, -0.2) is 9.97 Å². The van der Waals surface area contributed by atoms with Gasteiger partial charge in [-0.25, -0.2) is 4.98 Å². The summed E-state index contributed by atoms with van der Waals surface area (Å²) in [4.78, 5) is 9.06. The molecule has 0 amide bonds. The van der Waals surface area contributed by atoms with E-state index >= 15 is 0 Å². The highest BCUT2D eigenvalue weighted by Crippen LogP contribution is 2.20. The molecule has 19 heavy (non-hydrogen) atoms. The van der Waals surface area contributed by atoms with E-state index < -0.39 is 0 Å². The number of nitriles is 1. The maximum atomic E-state index is 8.88. The smallest absolute Gasteiger partial charge is 0.0991 e. The molecule has 0 aliphatic carbocycles. The van der Waals surface area contributed by atoms with E-state index in [-0.39, 0.29) is 0 Å². The van der Waals surface area contributed by atoms with Crippen LogP contribution in [0, 0.1) is 18.3 Å². The normalized spacial score (nSPS) is 10.3. The Hall–Kier alpha value is -2.73. The predicted octanol–water partition coefficient (Wildman–Crippen LogP) is 3.48. The van der Waals surface area contributed by atoms with Gasteiger partial charge in [-0.2, -0.15) is 5.26 Å². The van der Waals surface area contributed by atoms with Crippen LogP contribution >= 0.6 is 0 Å². The molecule has 0 fully saturated rings. The molecule has 3 aromatic rings. The molecular weight excluding hydrogens is 234 g/mol. The number of aryl methyl sites for hydroxylation is 1. The van der Waals surface area contributed by atoms with Crippen molar-refractivity contribution in [1.82, 2.24) is 9.97 Å². The Morgan fingerprint density at radius 2 is 1.79 bits per heavy atom. The van der Waals surface area contributed by atoms with E-state index in [1.807, 2.05) is 49.4 Å². The van der Waals surface area contributed by atoms with Gasteiger partial charge in [0.2, 0.25) is 0 Å². The quantitative estimate of drug-likeness (QED) is 0.659. The summed E-state index contributed by atoms with van der Waals surface area (Å²) in [5.74, 6) is 0. The van der Waals surface area contributed by atoms with Gasteiger partial charge in [0, 0.05) is 11.1 Å². The Kier molecular flexibility index (Phi) is 2.70. The average Bonchev–Trinajstić information content (AvgIpc) is 2.46. The second kappa shape index (κ2) is 4.51. The van der Waals surface area contributed by atoms with E-state index in [1.54, 1.807) is 6.07 Å². The topological polar surface area (TPSA) is 49.6 Å². The van der Waals surface area contributed by atoms with Crippen LogP contribution in [-0.2, 0) is 0 Å². The van der Waals surface area contributed by atoms with Gasteiger partial charge in [0.1, 0.15) is 0 Å². The highest BCUT2D eigenvalue weighted by atomic mass is 14.8. The molecule has 0 spiro atoms. The fourth-order valence-corrected chi connectivity index (χ4v) is 2.02. The van der Waals surface area contributed by atoms with Crippen molar-refractivity contribution in [2.75, 3.05) is 0 Å². The molecule has 0 bridgehead atoms. The predicted molar refractivity (Wildman–Crippen MR) is 74.4 cm³/mol. The Balaban J connectivity index is 2.15. The van der Waals surface area contributed by atoms with Crippen molar-refractivity contribution in [2.45, 2.75) is 6.92 Å². The molecule has 0 atom stereocenters. The van der Waals surface area contributed by atoms with Crippen LogP contribution in [0.15, 0.2) is 48.5 Å². The molecule has 3 rings (SSSR count). The molecule has 1 aromatic carbocycles. The van der Waals surface area contributed by atoms with Crippen LogP contribution in [0.2, 0.25) is 0 Å². The zero-order valence-corrected chi connectivity index (χ0v) is 10.5. The van der Waals surface area contributed by atoms with Gasteiger partial charge in [-0.1, -0.05) is 12.1 Å². The summed E-state index contributed by atoms with van der Waals surface area (Å²) in [5.41, 5.74) is 4.21. The summed E-state index contributed by atoms with van der Waals surface area (Å²) in [6.07, 6.45) is 0. The lowest BCUT2D eigenvalue weighted by atomic mass is 10.1. The zero-order valence-electron chi connectivity index (χ0n) is 10.5. The SMILES string of the molecule is Cc1cccc(-c2ccc3cc(C#N)ccc3n2)n1. The van der Waals surface area contributed by atoms with E-state index in [0.29, 0.717) is 5.56 Å². The number of fused-ring (bicyclic) bond motifs is 1. The van der Waals surface area contributed by atoms with Crippen molar-refractivity contribution in [3.8, 4) is 17.5 Å². The van der Waals surface area contributed by atoms with E-state index in [1.165, 1.54) is 0 Å². The van der Waals surface area contributed by atoms with Crippen molar-refractivity contribution in [3.63, 3.8) is 0 Å². The lowest BCUT2D eigenvalue weighted by Gasteiger charge is -2.03. The summed E-state index contributed by atoms with van der Waals surface area (Å²) in [6.45, 7) is 1.96. The molecule has 0 N–H and O–H groups in total. The first-order valence-corrected chi connectivity index (χ1v) is 6.01. The molecule has 3 heteroatoms. The van der Waals surface area contributed by atoms with Crippen molar-refractivity contribution < 1.29 is 0 Å². The lowest BCUT2D eigenvalue weighted by Crippen LogP contribution is -1.90. The molecule has 2 heterocycles. The van der Waals surface area contributed by atoms with Crippen LogP contribution < -0.4 is 0 Å². The first-order chi connectivity index (χ1) is 9.26. The zero-order chi connectivity index (χ0) is 13.2. The number of aromatic nitrogens is 2. The molecule has 0 aliphatic heterocycles. The Morgan fingerprint density at radius 1 is 0.947 bits per heavy atom. The van der Waals surface area contributed by atoms with Gasteiger partial charge in [0.05, 0.1) is 28.5 Å². The van der Waals surface area contributed by atoms with Crippen LogP contribution in [0.1, 0.15) is 11.3 Å². The lowest BCUT2D eigenvalue weighted by molar-refractivity contribution is 1.19. The maximum Gasteiger partial charge on any atom is 0.0991 e. The first kappa shape index (κ1) is 11.4. The standard InChI is InChI=1S/C16H11N3/c1-11-3-2-4-15(18-11)16-8-6-13-9-12(10-17)5-7-14(13)19-16/h2-9H,1H3. The Bertz CT molecular complexity index is 800. The van der Waals surface area contributed by atoms with Crippen molar-refractivity contribution in [3.05, 3.63) is 59.8 Å². The number of pyridine rings is 2. The molecule has 0 aliphatic rings. The summed E-state index contributed by atoms with van der Waals surface area (Å²) >= 11 is 0. The third kappa shape index (κ3) is 2.16. The molecule has 3 nitrogen and oxygen atoms in total. The number of benzene rings is 1. The van der Waals surface area contributed by atoms with Crippen LogP contribution in [0.25, 0.3) is 22.3 Å². The number of hydrogen-bond acceptors (Lipinski definition) is 3. The Labute approximate surface area is 111 Å². The fourth-order valence-electron chi connectivity index (χ4n) is 2.02. The minimum Gasteiger partial charge on any atom is -0.251 e.